The van der Waals surface area contributed by atoms with E-state index in [-0.39, 0.29) is 26.4 Å². The maximum atomic E-state index is 13.5. The van der Waals surface area contributed by atoms with Crippen LogP contribution in [0.25, 0.3) is 0 Å². The molecule has 0 heterocycles. The molecule has 0 aliphatic heterocycles. The molecule has 0 radical (unpaired) electrons. The van der Waals surface area contributed by atoms with E-state index in [1.54, 1.807) is 0 Å². The van der Waals surface area contributed by atoms with Crippen molar-refractivity contribution < 1.29 is 69.4 Å². The van der Waals surface area contributed by atoms with Crippen molar-refractivity contribution in [1.82, 2.24) is 0 Å². The lowest BCUT2D eigenvalue weighted by Crippen LogP contribution is -2.16. The van der Waals surface area contributed by atoms with Crippen LogP contribution in [-0.2, 0) is 42.7 Å². The van der Waals surface area contributed by atoms with Crippen molar-refractivity contribution in [3.05, 3.63) is 29.1 Å². The van der Waals surface area contributed by atoms with Gasteiger partial charge in [0.2, 0.25) is 34.8 Å². The van der Waals surface area contributed by atoms with E-state index in [0.717, 1.165) is 19.4 Å². The molecule has 10 nitrogen and oxygen atoms in total. The Bertz CT molecular complexity index is 821. The summed E-state index contributed by atoms with van der Waals surface area (Å²) in [5.41, 5.74) is 0. The number of carbonyl (C=O) groups is 1. The van der Waals surface area contributed by atoms with Gasteiger partial charge in [-0.2, -0.15) is 8.78 Å². The molecule has 0 saturated heterocycles. The van der Waals surface area contributed by atoms with Crippen LogP contribution in [0.4, 0.5) is 22.0 Å². The Morgan fingerprint density at radius 2 is 0.738 bits per heavy atom. The topological polar surface area (TPSA) is 100 Å². The molecule has 0 spiro atoms. The monoisotopic (exact) mass is 620 g/mol. The maximum absolute atomic E-state index is 13.5. The van der Waals surface area contributed by atoms with Gasteiger partial charge in [-0.1, -0.05) is 13.3 Å². The lowest BCUT2D eigenvalue weighted by Gasteiger charge is -2.09. The van der Waals surface area contributed by atoms with Crippen molar-refractivity contribution in [1.29, 1.82) is 0 Å². The highest BCUT2D eigenvalue weighted by molar-refractivity contribution is 5.72. The third kappa shape index (κ3) is 17.9. The van der Waals surface area contributed by atoms with Gasteiger partial charge in [-0.25, -0.2) is 13.2 Å². The van der Waals surface area contributed by atoms with Crippen LogP contribution in [0.15, 0.2) is 0 Å². The molecule has 0 aliphatic carbocycles. The highest BCUT2D eigenvalue weighted by Crippen LogP contribution is 2.29. The highest BCUT2D eigenvalue weighted by atomic mass is 19.2. The first kappa shape index (κ1) is 38.0. The van der Waals surface area contributed by atoms with Gasteiger partial charge in [-0.15, -0.1) is 0 Å². The molecule has 0 unspecified atom stereocenters. The lowest BCUT2D eigenvalue weighted by atomic mass is 10.2. The normalized spacial score (nSPS) is 11.4. The van der Waals surface area contributed by atoms with Crippen LogP contribution >= 0.6 is 0 Å². The van der Waals surface area contributed by atoms with Gasteiger partial charge in [0.05, 0.1) is 106 Å². The highest BCUT2D eigenvalue weighted by Gasteiger charge is 2.28. The van der Waals surface area contributed by atoms with E-state index in [1.165, 1.54) is 0 Å². The first-order valence-corrected chi connectivity index (χ1v) is 13.7. The molecule has 0 atom stereocenters. The molecule has 15 heteroatoms. The molecule has 0 saturated carbocycles. The van der Waals surface area contributed by atoms with Crippen molar-refractivity contribution >= 4 is 5.97 Å². The van der Waals surface area contributed by atoms with E-state index in [0.29, 0.717) is 72.7 Å². The van der Waals surface area contributed by atoms with Gasteiger partial charge < -0.3 is 42.6 Å². The van der Waals surface area contributed by atoms with Gasteiger partial charge in [-0.05, 0) is 6.42 Å². The predicted molar refractivity (Wildman–Crippen MR) is 138 cm³/mol. The maximum Gasteiger partial charge on any atom is 0.313 e. The molecule has 1 aromatic rings. The fraction of sp³-hybridized carbons (Fsp3) is 0.741. The second-order valence-corrected chi connectivity index (χ2v) is 8.38. The quantitative estimate of drug-likeness (QED) is 0.0345. The van der Waals surface area contributed by atoms with Gasteiger partial charge in [0.25, 0.3) is 0 Å². The number of rotatable bonds is 28. The summed E-state index contributed by atoms with van der Waals surface area (Å²) in [7, 11) is 0. The summed E-state index contributed by atoms with van der Waals surface area (Å²) < 4.78 is 113. The van der Waals surface area contributed by atoms with Crippen LogP contribution in [0.1, 0.15) is 26.2 Å². The van der Waals surface area contributed by atoms with Crippen LogP contribution in [-0.4, -0.2) is 112 Å². The van der Waals surface area contributed by atoms with E-state index >= 15 is 0 Å². The summed E-state index contributed by atoms with van der Waals surface area (Å²) in [6.07, 6.45) is 1.70. The Labute approximate surface area is 242 Å². The van der Waals surface area contributed by atoms with Crippen LogP contribution in [0.3, 0.4) is 0 Å². The summed E-state index contributed by atoms with van der Waals surface area (Å²) in [5, 5.41) is 0. The molecule has 0 amide bonds. The number of hydrogen-bond acceptors (Lipinski definition) is 10. The number of benzene rings is 1. The van der Waals surface area contributed by atoms with Crippen molar-refractivity contribution in [2.75, 3.05) is 106 Å². The fourth-order valence-corrected chi connectivity index (χ4v) is 2.88. The molecule has 42 heavy (non-hydrogen) atoms. The average Bonchev–Trinajstić information content (AvgIpc) is 2.99. The van der Waals surface area contributed by atoms with E-state index in [9.17, 15) is 26.7 Å². The molecular weight excluding hydrogens is 579 g/mol. The van der Waals surface area contributed by atoms with E-state index < -0.39 is 47.2 Å². The zero-order chi connectivity index (χ0) is 30.8. The standard InChI is InChI=1S/C27H41F5O10/c1-2-3-5-34-7-9-36-11-13-38-15-17-40-19-20-41-18-16-39-14-12-37-10-8-35-6-4-21(33)42-27-25(31)23(29)22(28)24(30)26(27)32/h2-20H2,1H3. The van der Waals surface area contributed by atoms with Gasteiger partial charge in [0.1, 0.15) is 0 Å². The Balaban J connectivity index is 1.82. The summed E-state index contributed by atoms with van der Waals surface area (Å²) in [6.45, 7) is 8.28. The predicted octanol–water partition coefficient (Wildman–Crippen LogP) is 3.61. The van der Waals surface area contributed by atoms with Crippen LogP contribution < -0.4 is 4.74 Å². The van der Waals surface area contributed by atoms with Crippen LogP contribution in [0, 0.1) is 29.1 Å². The van der Waals surface area contributed by atoms with Crippen LogP contribution in [0.2, 0.25) is 0 Å². The lowest BCUT2D eigenvalue weighted by molar-refractivity contribution is -0.136. The average molecular weight is 621 g/mol. The van der Waals surface area contributed by atoms with Crippen molar-refractivity contribution in [3.63, 3.8) is 0 Å². The third-order valence-corrected chi connectivity index (χ3v) is 5.08. The minimum atomic E-state index is -2.34. The summed E-state index contributed by atoms with van der Waals surface area (Å²) in [5.74, 6) is -14.1. The number of ether oxygens (including phenoxy) is 9. The van der Waals surface area contributed by atoms with E-state index in [4.69, 9.17) is 37.9 Å². The summed E-state index contributed by atoms with van der Waals surface area (Å²) in [6, 6.07) is 0. The molecule has 0 fully saturated rings. The molecule has 0 N–H and O–H groups in total. The van der Waals surface area contributed by atoms with Gasteiger partial charge in [0.15, 0.2) is 0 Å². The van der Waals surface area contributed by atoms with Gasteiger partial charge in [-0.3, -0.25) is 4.79 Å². The number of hydrogen-bond donors (Lipinski definition) is 0. The smallest absolute Gasteiger partial charge is 0.313 e. The Morgan fingerprint density at radius 3 is 1.07 bits per heavy atom. The van der Waals surface area contributed by atoms with Crippen LogP contribution in [0.5, 0.6) is 5.75 Å². The first-order chi connectivity index (χ1) is 20.4. The Morgan fingerprint density at radius 1 is 0.452 bits per heavy atom. The minimum absolute atomic E-state index is 0.0896. The molecule has 244 valence electrons. The Kier molecular flexibility index (Phi) is 23.1. The van der Waals surface area contributed by atoms with E-state index in [2.05, 4.69) is 11.7 Å². The van der Waals surface area contributed by atoms with Crippen molar-refractivity contribution in [2.45, 2.75) is 26.2 Å². The molecular formula is C27H41F5O10. The number of esters is 1. The second-order valence-electron chi connectivity index (χ2n) is 8.38. The molecule has 1 aromatic carbocycles. The van der Waals surface area contributed by atoms with Gasteiger partial charge >= 0.3 is 5.97 Å². The molecule has 0 aliphatic rings. The molecule has 0 bridgehead atoms. The second kappa shape index (κ2) is 25.5. The van der Waals surface area contributed by atoms with E-state index in [1.807, 2.05) is 0 Å². The summed E-state index contributed by atoms with van der Waals surface area (Å²) in [4.78, 5) is 11.6. The number of halogens is 5. The third-order valence-electron chi connectivity index (χ3n) is 5.08. The van der Waals surface area contributed by atoms with Crippen molar-refractivity contribution in [2.24, 2.45) is 0 Å². The van der Waals surface area contributed by atoms with Gasteiger partial charge in [0, 0.05) is 6.61 Å². The molecule has 0 aromatic heterocycles. The SMILES string of the molecule is CCCCOCCOCCOCCOCCOCCOCCOCCOCCC(=O)Oc1c(F)c(F)c(F)c(F)c1F. The Hall–Kier alpha value is -1.98. The fourth-order valence-electron chi connectivity index (χ4n) is 2.88. The molecule has 1 rings (SSSR count). The van der Waals surface area contributed by atoms with Crippen molar-refractivity contribution in [3.8, 4) is 5.75 Å². The zero-order valence-corrected chi connectivity index (χ0v) is 23.9. The zero-order valence-electron chi connectivity index (χ0n) is 23.9. The summed E-state index contributed by atoms with van der Waals surface area (Å²) >= 11 is 0. The minimum Gasteiger partial charge on any atom is -0.420 e. The number of unbranched alkanes of at least 4 members (excludes halogenated alkanes) is 1. The first-order valence-electron chi connectivity index (χ1n) is 13.7. The largest absolute Gasteiger partial charge is 0.420 e. The number of carbonyl (C=O) groups excluding carboxylic acids is 1.